The Morgan fingerprint density at radius 1 is 1.44 bits per heavy atom. The molecule has 1 amide bonds. The van der Waals surface area contributed by atoms with Gasteiger partial charge < -0.3 is 10.4 Å². The number of hydrogen-bond donors (Lipinski definition) is 2. The minimum Gasteiger partial charge on any atom is -0.481 e. The van der Waals surface area contributed by atoms with E-state index in [1.165, 1.54) is 0 Å². The van der Waals surface area contributed by atoms with E-state index in [1.807, 2.05) is 38.3 Å². The average Bonchev–Trinajstić information content (AvgIpc) is 2.67. The molecule has 1 aliphatic carbocycles. The molecule has 0 bridgehead atoms. The quantitative estimate of drug-likeness (QED) is 0.879. The van der Waals surface area contributed by atoms with Crippen LogP contribution < -0.4 is 5.32 Å². The van der Waals surface area contributed by atoms with Crippen molar-refractivity contribution in [1.82, 2.24) is 5.32 Å². The Hall–Kier alpha value is -1.36. The van der Waals surface area contributed by atoms with E-state index in [0.717, 1.165) is 4.88 Å². The van der Waals surface area contributed by atoms with Gasteiger partial charge in [-0.3, -0.25) is 9.59 Å². The number of nitrogens with one attached hydrogen (secondary N) is 1. The molecule has 2 unspecified atom stereocenters. The molecule has 2 rings (SSSR count). The maximum atomic E-state index is 12.1. The SMILES string of the molecule is C[C@H](NC(=O)C1C(C(=O)O)C1(C)C)c1cccs1. The molecule has 2 N–H and O–H groups in total. The lowest BCUT2D eigenvalue weighted by Gasteiger charge is -2.12. The number of carbonyl (C=O) groups excluding carboxylic acids is 1. The molecule has 1 aliphatic rings. The normalized spacial score (nSPS) is 26.4. The van der Waals surface area contributed by atoms with Gasteiger partial charge in [-0.15, -0.1) is 11.3 Å². The highest BCUT2D eigenvalue weighted by Crippen LogP contribution is 2.58. The summed E-state index contributed by atoms with van der Waals surface area (Å²) in [6.45, 7) is 5.56. The number of hydrogen-bond acceptors (Lipinski definition) is 3. The third-order valence-corrected chi connectivity index (χ3v) is 4.76. The number of rotatable bonds is 4. The van der Waals surface area contributed by atoms with Crippen LogP contribution in [0.2, 0.25) is 0 Å². The first kappa shape index (κ1) is 13.1. The first-order valence-corrected chi connectivity index (χ1v) is 6.80. The zero-order valence-corrected chi connectivity index (χ0v) is 11.5. The Balaban J connectivity index is 2.00. The maximum Gasteiger partial charge on any atom is 0.307 e. The summed E-state index contributed by atoms with van der Waals surface area (Å²) in [5.41, 5.74) is -0.439. The zero-order chi connectivity index (χ0) is 13.5. The van der Waals surface area contributed by atoms with Crippen LogP contribution in [0.3, 0.4) is 0 Å². The van der Waals surface area contributed by atoms with E-state index in [0.29, 0.717) is 0 Å². The van der Waals surface area contributed by atoms with Gasteiger partial charge >= 0.3 is 5.97 Å². The van der Waals surface area contributed by atoms with Gasteiger partial charge in [-0.05, 0) is 23.8 Å². The van der Waals surface area contributed by atoms with E-state index in [9.17, 15) is 9.59 Å². The Labute approximate surface area is 110 Å². The maximum absolute atomic E-state index is 12.1. The monoisotopic (exact) mass is 267 g/mol. The number of aliphatic carboxylic acids is 1. The molecular formula is C13H17NO3S. The fourth-order valence-corrected chi connectivity index (χ4v) is 3.23. The molecule has 1 aromatic heterocycles. The molecule has 5 heteroatoms. The second kappa shape index (κ2) is 4.39. The molecule has 0 aliphatic heterocycles. The summed E-state index contributed by atoms with van der Waals surface area (Å²) in [6, 6.07) is 3.83. The van der Waals surface area contributed by atoms with Gasteiger partial charge in [0.2, 0.25) is 5.91 Å². The summed E-state index contributed by atoms with van der Waals surface area (Å²) in [5.74, 6) is -2.03. The Kier molecular flexibility index (Phi) is 3.19. The van der Waals surface area contributed by atoms with Crippen molar-refractivity contribution < 1.29 is 14.7 Å². The van der Waals surface area contributed by atoms with Crippen molar-refractivity contribution in [3.05, 3.63) is 22.4 Å². The van der Waals surface area contributed by atoms with Crippen molar-refractivity contribution in [2.45, 2.75) is 26.8 Å². The summed E-state index contributed by atoms with van der Waals surface area (Å²) in [4.78, 5) is 24.2. The van der Waals surface area contributed by atoms with Crippen LogP contribution in [0, 0.1) is 17.3 Å². The second-order valence-corrected chi connectivity index (χ2v) is 6.34. The van der Waals surface area contributed by atoms with Crippen molar-refractivity contribution in [1.29, 1.82) is 0 Å². The van der Waals surface area contributed by atoms with Gasteiger partial charge in [0.25, 0.3) is 0 Å². The summed E-state index contributed by atoms with van der Waals surface area (Å²) in [7, 11) is 0. The number of thiophene rings is 1. The minimum atomic E-state index is -0.885. The molecule has 3 atom stereocenters. The molecule has 4 nitrogen and oxygen atoms in total. The van der Waals surface area contributed by atoms with Crippen LogP contribution in [-0.2, 0) is 9.59 Å². The van der Waals surface area contributed by atoms with Gasteiger partial charge in [0, 0.05) is 4.88 Å². The van der Waals surface area contributed by atoms with Crippen molar-refractivity contribution in [2.24, 2.45) is 17.3 Å². The van der Waals surface area contributed by atoms with Crippen LogP contribution in [0.5, 0.6) is 0 Å². The first-order valence-electron chi connectivity index (χ1n) is 5.92. The van der Waals surface area contributed by atoms with E-state index >= 15 is 0 Å². The van der Waals surface area contributed by atoms with Gasteiger partial charge in [-0.2, -0.15) is 0 Å². The third-order valence-electron chi connectivity index (χ3n) is 3.70. The van der Waals surface area contributed by atoms with Gasteiger partial charge in [0.1, 0.15) is 0 Å². The fourth-order valence-electron chi connectivity index (χ4n) is 2.50. The summed E-state index contributed by atoms with van der Waals surface area (Å²) >= 11 is 1.58. The fraction of sp³-hybridized carbons (Fsp3) is 0.538. The van der Waals surface area contributed by atoms with Crippen LogP contribution in [0.1, 0.15) is 31.7 Å². The molecule has 0 radical (unpaired) electrons. The zero-order valence-electron chi connectivity index (χ0n) is 10.6. The van der Waals surface area contributed by atoms with Crippen LogP contribution in [-0.4, -0.2) is 17.0 Å². The van der Waals surface area contributed by atoms with E-state index in [2.05, 4.69) is 5.32 Å². The summed E-state index contributed by atoms with van der Waals surface area (Å²) in [5, 5.41) is 13.9. The first-order chi connectivity index (χ1) is 8.35. The second-order valence-electron chi connectivity index (χ2n) is 5.36. The van der Waals surface area contributed by atoms with E-state index < -0.39 is 23.2 Å². The molecule has 98 valence electrons. The van der Waals surface area contributed by atoms with Crippen LogP contribution in [0.4, 0.5) is 0 Å². The van der Waals surface area contributed by atoms with E-state index in [1.54, 1.807) is 11.3 Å². The Morgan fingerprint density at radius 2 is 2.11 bits per heavy atom. The minimum absolute atomic E-state index is 0.0663. The van der Waals surface area contributed by atoms with Crippen LogP contribution in [0.25, 0.3) is 0 Å². The van der Waals surface area contributed by atoms with Crippen molar-refractivity contribution in [3.8, 4) is 0 Å². The lowest BCUT2D eigenvalue weighted by molar-refractivity contribution is -0.140. The van der Waals surface area contributed by atoms with Crippen LogP contribution >= 0.6 is 11.3 Å². The lowest BCUT2D eigenvalue weighted by Crippen LogP contribution is -2.29. The number of carboxylic acid groups (broad SMARTS) is 1. The predicted octanol–water partition coefficient (Wildman–Crippen LogP) is 2.28. The van der Waals surface area contributed by atoms with E-state index in [-0.39, 0.29) is 11.9 Å². The molecular weight excluding hydrogens is 250 g/mol. The smallest absolute Gasteiger partial charge is 0.307 e. The number of carboxylic acids is 1. The highest BCUT2D eigenvalue weighted by atomic mass is 32.1. The topological polar surface area (TPSA) is 66.4 Å². The standard InChI is InChI=1S/C13H17NO3S/c1-7(8-5-4-6-18-8)14-11(15)9-10(12(16)17)13(9,2)3/h4-7,9-10H,1-3H3,(H,14,15)(H,16,17)/t7-,9?,10?/m0/s1. The van der Waals surface area contributed by atoms with E-state index in [4.69, 9.17) is 5.11 Å². The summed E-state index contributed by atoms with van der Waals surface area (Å²) in [6.07, 6.45) is 0. The van der Waals surface area contributed by atoms with Gasteiger partial charge in [0.15, 0.2) is 0 Å². The highest BCUT2D eigenvalue weighted by Gasteiger charge is 2.65. The molecule has 1 fully saturated rings. The third kappa shape index (κ3) is 2.14. The molecule has 1 aromatic rings. The molecule has 18 heavy (non-hydrogen) atoms. The van der Waals surface area contributed by atoms with Crippen LogP contribution in [0.15, 0.2) is 17.5 Å². The molecule has 1 saturated carbocycles. The van der Waals surface area contributed by atoms with Gasteiger partial charge in [-0.25, -0.2) is 0 Å². The molecule has 0 saturated heterocycles. The van der Waals surface area contributed by atoms with Gasteiger partial charge in [0.05, 0.1) is 17.9 Å². The average molecular weight is 267 g/mol. The predicted molar refractivity (Wildman–Crippen MR) is 69.3 cm³/mol. The molecule has 1 heterocycles. The lowest BCUT2D eigenvalue weighted by atomic mass is 10.1. The highest BCUT2D eigenvalue weighted by molar-refractivity contribution is 7.10. The molecule has 0 aromatic carbocycles. The number of carbonyl (C=O) groups is 2. The Morgan fingerprint density at radius 3 is 2.56 bits per heavy atom. The van der Waals surface area contributed by atoms with Gasteiger partial charge in [-0.1, -0.05) is 19.9 Å². The Bertz CT molecular complexity index is 467. The van der Waals surface area contributed by atoms with Crippen molar-refractivity contribution in [2.75, 3.05) is 0 Å². The number of amides is 1. The summed E-state index contributed by atoms with van der Waals surface area (Å²) < 4.78 is 0. The van der Waals surface area contributed by atoms with Crippen molar-refractivity contribution in [3.63, 3.8) is 0 Å². The largest absolute Gasteiger partial charge is 0.481 e. The molecule has 0 spiro atoms. The van der Waals surface area contributed by atoms with Crippen molar-refractivity contribution >= 4 is 23.2 Å².